The molecule has 1 saturated heterocycles. The van der Waals surface area contributed by atoms with Crippen molar-refractivity contribution < 1.29 is 9.90 Å². The number of aryl methyl sites for hydroxylation is 1. The highest BCUT2D eigenvalue weighted by Gasteiger charge is 2.40. The van der Waals surface area contributed by atoms with Gasteiger partial charge in [-0.3, -0.25) is 9.48 Å². The van der Waals surface area contributed by atoms with Gasteiger partial charge in [0.25, 0.3) is 5.91 Å². The highest BCUT2D eigenvalue weighted by atomic mass is 16.3. The molecular weight excluding hydrogens is 308 g/mol. The molecule has 0 aliphatic carbocycles. The van der Waals surface area contributed by atoms with Crippen LogP contribution in [0.2, 0.25) is 0 Å². The summed E-state index contributed by atoms with van der Waals surface area (Å²) in [5.41, 5.74) is 0.188. The zero-order chi connectivity index (χ0) is 17.5. The number of amides is 1. The van der Waals surface area contributed by atoms with E-state index in [4.69, 9.17) is 0 Å². The Morgan fingerprint density at radius 2 is 2.17 bits per heavy atom. The topological polar surface area (TPSA) is 89.1 Å². The van der Waals surface area contributed by atoms with E-state index in [0.29, 0.717) is 25.1 Å². The van der Waals surface area contributed by atoms with Crippen molar-refractivity contribution in [2.75, 3.05) is 13.1 Å². The zero-order valence-electron chi connectivity index (χ0n) is 14.6. The van der Waals surface area contributed by atoms with Crippen LogP contribution in [0.25, 0.3) is 0 Å². The second-order valence-electron chi connectivity index (χ2n) is 7.62. The molecule has 1 N–H and O–H groups in total. The van der Waals surface area contributed by atoms with Crippen LogP contribution in [0.4, 0.5) is 0 Å². The molecule has 2 aromatic rings. The second-order valence-corrected chi connectivity index (χ2v) is 7.62. The minimum absolute atomic E-state index is 0.0810. The van der Waals surface area contributed by atoms with E-state index in [9.17, 15) is 9.90 Å². The van der Waals surface area contributed by atoms with Crippen molar-refractivity contribution >= 4 is 5.91 Å². The fourth-order valence-corrected chi connectivity index (χ4v) is 3.15. The molecule has 2 aromatic heterocycles. The zero-order valence-corrected chi connectivity index (χ0v) is 14.6. The monoisotopic (exact) mass is 332 g/mol. The first-order valence-electron chi connectivity index (χ1n) is 8.08. The van der Waals surface area contributed by atoms with Gasteiger partial charge in [-0.15, -0.1) is 5.10 Å². The minimum atomic E-state index is -0.979. The van der Waals surface area contributed by atoms with Crippen molar-refractivity contribution in [3.8, 4) is 0 Å². The first kappa shape index (κ1) is 16.6. The molecule has 0 aromatic carbocycles. The van der Waals surface area contributed by atoms with E-state index in [1.807, 2.05) is 27.8 Å². The molecule has 8 nitrogen and oxygen atoms in total. The maximum atomic E-state index is 12.9. The summed E-state index contributed by atoms with van der Waals surface area (Å²) in [4.78, 5) is 14.6. The summed E-state index contributed by atoms with van der Waals surface area (Å²) in [6, 6.07) is 0. The van der Waals surface area contributed by atoms with Gasteiger partial charge in [0.05, 0.1) is 30.5 Å². The third-order valence-electron chi connectivity index (χ3n) is 4.32. The van der Waals surface area contributed by atoms with Crippen molar-refractivity contribution in [1.82, 2.24) is 29.7 Å². The summed E-state index contributed by atoms with van der Waals surface area (Å²) in [5.74, 6) is -0.0810. The van der Waals surface area contributed by atoms with Gasteiger partial charge in [-0.2, -0.15) is 5.10 Å². The number of carbonyl (C=O) groups excluding carboxylic acids is 1. The molecule has 1 aliphatic rings. The lowest BCUT2D eigenvalue weighted by Crippen LogP contribution is -2.40. The van der Waals surface area contributed by atoms with Crippen molar-refractivity contribution in [1.29, 1.82) is 0 Å². The fourth-order valence-electron chi connectivity index (χ4n) is 3.15. The maximum Gasteiger partial charge on any atom is 0.257 e. The van der Waals surface area contributed by atoms with Crippen LogP contribution in [0, 0.1) is 0 Å². The minimum Gasteiger partial charge on any atom is -0.386 e. The summed E-state index contributed by atoms with van der Waals surface area (Å²) in [6.45, 7) is 7.24. The quantitative estimate of drug-likeness (QED) is 0.888. The second kappa shape index (κ2) is 5.70. The van der Waals surface area contributed by atoms with Crippen molar-refractivity contribution in [2.45, 2.75) is 44.8 Å². The number of aromatic nitrogens is 5. The predicted octanol–water partition coefficient (Wildman–Crippen LogP) is 0.586. The average Bonchev–Trinajstić information content (AvgIpc) is 3.18. The molecule has 0 saturated carbocycles. The lowest BCUT2D eigenvalue weighted by atomic mass is 9.89. The van der Waals surface area contributed by atoms with Gasteiger partial charge in [0.1, 0.15) is 5.60 Å². The van der Waals surface area contributed by atoms with Crippen LogP contribution in [0.15, 0.2) is 18.6 Å². The largest absolute Gasteiger partial charge is 0.386 e. The lowest BCUT2D eigenvalue weighted by molar-refractivity contribution is 0.0266. The predicted molar refractivity (Wildman–Crippen MR) is 87.4 cm³/mol. The van der Waals surface area contributed by atoms with Crippen molar-refractivity contribution in [2.24, 2.45) is 7.05 Å². The molecular formula is C16H24N6O2. The Labute approximate surface area is 141 Å². The van der Waals surface area contributed by atoms with Crippen LogP contribution in [-0.2, 0) is 19.0 Å². The molecule has 1 amide bonds. The maximum absolute atomic E-state index is 12.9. The Kier molecular flexibility index (Phi) is 3.95. The molecule has 3 heterocycles. The van der Waals surface area contributed by atoms with Crippen molar-refractivity contribution in [3.63, 3.8) is 0 Å². The van der Waals surface area contributed by atoms with Gasteiger partial charge in [0.2, 0.25) is 0 Å². The number of aliphatic hydroxyl groups is 1. The summed E-state index contributed by atoms with van der Waals surface area (Å²) < 4.78 is 3.27. The number of carbonyl (C=O) groups is 1. The molecule has 24 heavy (non-hydrogen) atoms. The normalized spacial score (nSPS) is 21.5. The molecule has 1 fully saturated rings. The number of rotatable bonds is 3. The molecule has 1 unspecified atom stereocenters. The Morgan fingerprint density at radius 1 is 1.42 bits per heavy atom. The van der Waals surface area contributed by atoms with Crippen LogP contribution < -0.4 is 0 Å². The van der Waals surface area contributed by atoms with Gasteiger partial charge < -0.3 is 10.0 Å². The van der Waals surface area contributed by atoms with Crippen molar-refractivity contribution in [3.05, 3.63) is 29.8 Å². The van der Waals surface area contributed by atoms with E-state index in [-0.39, 0.29) is 17.9 Å². The van der Waals surface area contributed by atoms with Crippen LogP contribution in [0.1, 0.15) is 43.2 Å². The Bertz CT molecular complexity index is 730. The SMILES string of the molecule is Cn1cc(C(=O)N2CCC(O)(Cn3ccnn3)C2)c(C(C)(C)C)n1. The number of nitrogens with zero attached hydrogens (tertiary/aromatic N) is 6. The third-order valence-corrected chi connectivity index (χ3v) is 4.32. The molecule has 1 atom stereocenters. The van der Waals surface area contributed by atoms with E-state index in [0.717, 1.165) is 5.69 Å². The Balaban J connectivity index is 1.78. The Hall–Kier alpha value is -2.22. The summed E-state index contributed by atoms with van der Waals surface area (Å²) in [5, 5.41) is 22.9. The molecule has 130 valence electrons. The van der Waals surface area contributed by atoms with Crippen LogP contribution in [0.3, 0.4) is 0 Å². The standard InChI is InChI=1S/C16H24N6O2/c1-15(2,3)13-12(9-20(4)18-13)14(23)21-7-5-16(24,10-21)11-22-8-6-17-19-22/h6,8-9,24H,5,7,10-11H2,1-4H3. The van der Waals surface area contributed by atoms with E-state index < -0.39 is 5.60 Å². The molecule has 0 bridgehead atoms. The van der Waals surface area contributed by atoms with Crippen LogP contribution in [0.5, 0.6) is 0 Å². The molecule has 8 heteroatoms. The van der Waals surface area contributed by atoms with Gasteiger partial charge in [-0.1, -0.05) is 26.0 Å². The first-order chi connectivity index (χ1) is 11.2. The Morgan fingerprint density at radius 3 is 2.79 bits per heavy atom. The van der Waals surface area contributed by atoms with Crippen LogP contribution in [-0.4, -0.2) is 59.4 Å². The molecule has 1 aliphatic heterocycles. The number of hydrogen-bond acceptors (Lipinski definition) is 5. The highest BCUT2D eigenvalue weighted by molar-refractivity contribution is 5.95. The number of hydrogen-bond donors (Lipinski definition) is 1. The number of likely N-dealkylation sites (tertiary alicyclic amines) is 1. The van der Waals surface area contributed by atoms with E-state index in [1.165, 1.54) is 0 Å². The van der Waals surface area contributed by atoms with Gasteiger partial charge in [-0.05, 0) is 6.42 Å². The van der Waals surface area contributed by atoms with Gasteiger partial charge >= 0.3 is 0 Å². The van der Waals surface area contributed by atoms with E-state index >= 15 is 0 Å². The van der Waals surface area contributed by atoms with Gasteiger partial charge in [-0.25, -0.2) is 4.68 Å². The molecule has 3 rings (SSSR count). The molecule has 0 spiro atoms. The summed E-state index contributed by atoms with van der Waals surface area (Å²) in [6.07, 6.45) is 5.56. The van der Waals surface area contributed by atoms with E-state index in [1.54, 1.807) is 32.9 Å². The van der Waals surface area contributed by atoms with Gasteiger partial charge in [0.15, 0.2) is 0 Å². The van der Waals surface area contributed by atoms with Gasteiger partial charge in [0, 0.05) is 31.4 Å². The van der Waals surface area contributed by atoms with Crippen LogP contribution >= 0.6 is 0 Å². The smallest absolute Gasteiger partial charge is 0.257 e. The van der Waals surface area contributed by atoms with E-state index in [2.05, 4.69) is 15.4 Å². The fraction of sp³-hybridized carbons (Fsp3) is 0.625. The first-order valence-corrected chi connectivity index (χ1v) is 8.08. The lowest BCUT2D eigenvalue weighted by Gasteiger charge is -2.24. The highest BCUT2D eigenvalue weighted by Crippen LogP contribution is 2.28. The summed E-state index contributed by atoms with van der Waals surface area (Å²) >= 11 is 0. The third kappa shape index (κ3) is 3.19. The average molecular weight is 332 g/mol. The number of β-amino-alcohol motifs (C(OH)–C–C–N with tert-alkyl or cyclic N) is 1. The summed E-state index contributed by atoms with van der Waals surface area (Å²) in [7, 11) is 1.82. The molecule has 0 radical (unpaired) electrons.